The summed E-state index contributed by atoms with van der Waals surface area (Å²) in [5.74, 6) is -0.111. The van der Waals surface area contributed by atoms with Gasteiger partial charge in [-0.2, -0.15) is 13.2 Å². The number of rotatable bonds is 3. The Hall–Kier alpha value is -0.280. The number of carbonyl (C=O) groups is 1. The van der Waals surface area contributed by atoms with Crippen molar-refractivity contribution in [1.29, 1.82) is 0 Å². The second-order valence-corrected chi connectivity index (χ2v) is 5.63. The number of hydrogen-bond donors (Lipinski definition) is 1. The van der Waals surface area contributed by atoms with E-state index in [1.54, 1.807) is 4.90 Å². The molecule has 0 spiro atoms. The first-order valence-electron chi connectivity index (χ1n) is 7.32. The van der Waals surface area contributed by atoms with E-state index < -0.39 is 18.8 Å². The molecule has 5 nitrogen and oxygen atoms in total. The molecule has 23 heavy (non-hydrogen) atoms. The van der Waals surface area contributed by atoms with Crippen molar-refractivity contribution in [2.75, 3.05) is 39.3 Å². The molecule has 0 aromatic rings. The van der Waals surface area contributed by atoms with Crippen LogP contribution < -0.4 is 5.73 Å². The van der Waals surface area contributed by atoms with Crippen molar-refractivity contribution < 1.29 is 22.7 Å². The molecule has 138 valence electrons. The highest BCUT2D eigenvalue weighted by molar-refractivity contribution is 5.85. The molecule has 0 aromatic carbocycles. The average molecular weight is 382 g/mol. The Bertz CT molecular complexity index is 375. The van der Waals surface area contributed by atoms with Gasteiger partial charge in [0.05, 0.1) is 12.6 Å². The molecule has 0 unspecified atom stereocenters. The SMILES string of the molecule is Cl.Cl.NC[C@H]1CC[C@@H](C(=O)N2CCCN(CC(F)(F)F)CC2)O1. The van der Waals surface area contributed by atoms with Crippen molar-refractivity contribution in [2.24, 2.45) is 5.73 Å². The fraction of sp³-hybridized carbons (Fsp3) is 0.923. The lowest BCUT2D eigenvalue weighted by atomic mass is 10.2. The Balaban J connectivity index is 0.00000242. The number of nitrogens with zero attached hydrogens (tertiary/aromatic N) is 2. The fourth-order valence-electron chi connectivity index (χ4n) is 2.87. The van der Waals surface area contributed by atoms with E-state index in [1.165, 1.54) is 4.90 Å². The second-order valence-electron chi connectivity index (χ2n) is 5.63. The van der Waals surface area contributed by atoms with E-state index in [9.17, 15) is 18.0 Å². The number of amides is 1. The zero-order valence-corrected chi connectivity index (χ0v) is 14.4. The minimum Gasteiger partial charge on any atom is -0.364 e. The smallest absolute Gasteiger partial charge is 0.364 e. The summed E-state index contributed by atoms with van der Waals surface area (Å²) in [6.07, 6.45) is -2.79. The molecule has 2 heterocycles. The van der Waals surface area contributed by atoms with Crippen LogP contribution in [0.25, 0.3) is 0 Å². The Morgan fingerprint density at radius 2 is 1.83 bits per heavy atom. The van der Waals surface area contributed by atoms with Crippen LogP contribution in [0.3, 0.4) is 0 Å². The first kappa shape index (κ1) is 22.7. The van der Waals surface area contributed by atoms with Crippen molar-refractivity contribution in [3.63, 3.8) is 0 Å². The molecular weight excluding hydrogens is 358 g/mol. The third kappa shape index (κ3) is 7.01. The van der Waals surface area contributed by atoms with Gasteiger partial charge in [-0.05, 0) is 19.3 Å². The quantitative estimate of drug-likeness (QED) is 0.803. The second kappa shape index (κ2) is 9.88. The highest BCUT2D eigenvalue weighted by Gasteiger charge is 2.35. The standard InChI is InChI=1S/C13H22F3N3O2.2ClH/c14-13(15,16)9-18-4-1-5-19(7-6-18)12(20)11-3-2-10(8-17)21-11;;/h10-11H,1-9,17H2;2*1H/t10-,11+;;/m1../s1. The van der Waals surface area contributed by atoms with Crippen LogP contribution >= 0.6 is 24.8 Å². The summed E-state index contributed by atoms with van der Waals surface area (Å²) in [6, 6.07) is 0. The van der Waals surface area contributed by atoms with E-state index in [0.29, 0.717) is 39.0 Å². The molecule has 0 saturated carbocycles. The molecule has 0 radical (unpaired) electrons. The lowest BCUT2D eigenvalue weighted by Crippen LogP contribution is -2.42. The Kier molecular flexibility index (Phi) is 9.76. The molecule has 0 aliphatic carbocycles. The Morgan fingerprint density at radius 1 is 1.13 bits per heavy atom. The summed E-state index contributed by atoms with van der Waals surface area (Å²) in [5, 5.41) is 0. The van der Waals surface area contributed by atoms with Gasteiger partial charge in [0.1, 0.15) is 6.10 Å². The highest BCUT2D eigenvalue weighted by atomic mass is 35.5. The van der Waals surface area contributed by atoms with Gasteiger partial charge in [-0.25, -0.2) is 0 Å². The van der Waals surface area contributed by atoms with Crippen molar-refractivity contribution in [3.8, 4) is 0 Å². The number of ether oxygens (including phenoxy) is 1. The maximum Gasteiger partial charge on any atom is 0.401 e. The molecule has 2 aliphatic rings. The molecule has 1 amide bonds. The maximum atomic E-state index is 12.4. The van der Waals surface area contributed by atoms with E-state index in [0.717, 1.165) is 6.42 Å². The van der Waals surface area contributed by atoms with E-state index in [-0.39, 0.29) is 43.4 Å². The molecule has 10 heteroatoms. The number of halogens is 5. The third-order valence-electron chi connectivity index (χ3n) is 3.95. The first-order valence-corrected chi connectivity index (χ1v) is 7.32. The van der Waals surface area contributed by atoms with E-state index in [2.05, 4.69) is 0 Å². The van der Waals surface area contributed by atoms with Crippen LogP contribution in [0.15, 0.2) is 0 Å². The highest BCUT2D eigenvalue weighted by Crippen LogP contribution is 2.22. The van der Waals surface area contributed by atoms with Crippen molar-refractivity contribution in [1.82, 2.24) is 9.80 Å². The minimum atomic E-state index is -4.19. The van der Waals surface area contributed by atoms with Gasteiger partial charge >= 0.3 is 6.18 Å². The van der Waals surface area contributed by atoms with Gasteiger partial charge in [0.15, 0.2) is 0 Å². The normalized spacial score (nSPS) is 26.2. The molecule has 2 N–H and O–H groups in total. The summed E-state index contributed by atoms with van der Waals surface area (Å²) in [4.78, 5) is 15.3. The summed E-state index contributed by atoms with van der Waals surface area (Å²) >= 11 is 0. The van der Waals surface area contributed by atoms with Crippen molar-refractivity contribution >= 4 is 30.7 Å². The maximum absolute atomic E-state index is 12.4. The molecular formula is C13H24Cl2F3N3O2. The predicted molar refractivity (Wildman–Crippen MR) is 85.1 cm³/mol. The number of alkyl halides is 3. The van der Waals surface area contributed by atoms with E-state index in [1.807, 2.05) is 0 Å². The number of hydrogen-bond acceptors (Lipinski definition) is 4. The van der Waals surface area contributed by atoms with Gasteiger partial charge in [-0.1, -0.05) is 0 Å². The molecule has 0 bridgehead atoms. The third-order valence-corrected chi connectivity index (χ3v) is 3.95. The molecule has 0 aromatic heterocycles. The van der Waals surface area contributed by atoms with Crippen LogP contribution in [-0.4, -0.2) is 73.4 Å². The zero-order valence-electron chi connectivity index (χ0n) is 12.8. The number of carbonyl (C=O) groups excluding carboxylic acids is 1. The van der Waals surface area contributed by atoms with Crippen LogP contribution in [0.5, 0.6) is 0 Å². The summed E-state index contributed by atoms with van der Waals surface area (Å²) < 4.78 is 42.8. The van der Waals surface area contributed by atoms with Gasteiger partial charge in [0, 0.05) is 32.7 Å². The van der Waals surface area contributed by atoms with Crippen molar-refractivity contribution in [3.05, 3.63) is 0 Å². The largest absolute Gasteiger partial charge is 0.401 e. The summed E-state index contributed by atoms with van der Waals surface area (Å²) in [5.41, 5.74) is 5.51. The van der Waals surface area contributed by atoms with Crippen LogP contribution in [0.1, 0.15) is 19.3 Å². The van der Waals surface area contributed by atoms with Gasteiger partial charge in [-0.3, -0.25) is 9.69 Å². The Labute approximate surface area is 146 Å². The van der Waals surface area contributed by atoms with E-state index >= 15 is 0 Å². The topological polar surface area (TPSA) is 58.8 Å². The van der Waals surface area contributed by atoms with Gasteiger partial charge in [-0.15, -0.1) is 24.8 Å². The van der Waals surface area contributed by atoms with Crippen molar-refractivity contribution in [2.45, 2.75) is 37.6 Å². The lowest BCUT2D eigenvalue weighted by Gasteiger charge is -2.25. The van der Waals surface area contributed by atoms with E-state index in [4.69, 9.17) is 10.5 Å². The van der Waals surface area contributed by atoms with Gasteiger partial charge in [0.25, 0.3) is 5.91 Å². The Morgan fingerprint density at radius 3 is 2.39 bits per heavy atom. The molecule has 2 aliphatic heterocycles. The van der Waals surface area contributed by atoms with Crippen LogP contribution in [0.2, 0.25) is 0 Å². The first-order chi connectivity index (χ1) is 9.89. The van der Waals surface area contributed by atoms with Gasteiger partial charge in [0.2, 0.25) is 0 Å². The molecule has 2 saturated heterocycles. The van der Waals surface area contributed by atoms with Crippen LogP contribution in [0, 0.1) is 0 Å². The fourth-order valence-corrected chi connectivity index (χ4v) is 2.87. The van der Waals surface area contributed by atoms with Crippen LogP contribution in [0.4, 0.5) is 13.2 Å². The average Bonchev–Trinajstić information content (AvgIpc) is 2.77. The van der Waals surface area contributed by atoms with Gasteiger partial charge < -0.3 is 15.4 Å². The molecule has 2 fully saturated rings. The number of nitrogens with two attached hydrogens (primary N) is 1. The minimum absolute atomic E-state index is 0. The molecule has 2 rings (SSSR count). The molecule has 2 atom stereocenters. The van der Waals surface area contributed by atoms with Crippen LogP contribution in [-0.2, 0) is 9.53 Å². The summed E-state index contributed by atoms with van der Waals surface area (Å²) in [6.45, 7) is 0.897. The zero-order chi connectivity index (χ0) is 15.5. The lowest BCUT2D eigenvalue weighted by molar-refractivity contribution is -0.146. The monoisotopic (exact) mass is 381 g/mol. The predicted octanol–water partition coefficient (Wildman–Crippen LogP) is 1.43. The summed E-state index contributed by atoms with van der Waals surface area (Å²) in [7, 11) is 0.